The minimum Gasteiger partial charge on any atom is -0.493 e. The van der Waals surface area contributed by atoms with E-state index in [4.69, 9.17) is 23.7 Å². The standard InChI is InChI=1S/C21H32FNO3.C20H25FN2O3/c1-14(2)9-16-13-23-7-5-15-10-21(26-8-4-6-22)20(25-3)11-17(15)18(23)12-19(16)24;1-22-19-7-4-17(5-8-19)2-3-18-6-9-20(23-16-18)26-15-14-25-13-12-24-11-10-21/h10-11,14,16,18-19,24H,4-9,12-13H2,1-3H3;2-9,16,22H,10-15H2,1H3/b;3-2+/t16-,18-,19-;/m1./s1/i22-1;21-1. The highest BCUT2D eigenvalue weighted by Gasteiger charge is 2.38. The third-order valence-electron chi connectivity index (χ3n) is 9.18. The van der Waals surface area contributed by atoms with Gasteiger partial charge >= 0.3 is 0 Å². The van der Waals surface area contributed by atoms with Crippen molar-refractivity contribution in [3.05, 3.63) is 77.0 Å². The summed E-state index contributed by atoms with van der Waals surface area (Å²) < 4.78 is 51.2. The molecule has 3 atom stereocenters. The van der Waals surface area contributed by atoms with Crippen molar-refractivity contribution in [2.24, 2.45) is 11.8 Å². The van der Waals surface area contributed by atoms with E-state index in [2.05, 4.69) is 53.3 Å². The van der Waals surface area contributed by atoms with Gasteiger partial charge in [-0.25, -0.2) is 9.37 Å². The van der Waals surface area contributed by atoms with E-state index in [-0.39, 0.29) is 25.4 Å². The molecule has 0 bridgehead atoms. The van der Waals surface area contributed by atoms with E-state index in [1.165, 1.54) is 11.1 Å². The number of nitrogens with one attached hydrogen (secondary N) is 1. The number of hydrogen-bond acceptors (Lipinski definition) is 9. The van der Waals surface area contributed by atoms with Gasteiger partial charge in [0, 0.05) is 50.6 Å². The van der Waals surface area contributed by atoms with Crippen molar-refractivity contribution in [1.29, 1.82) is 0 Å². The Morgan fingerprint density at radius 1 is 0.904 bits per heavy atom. The predicted octanol–water partition coefficient (Wildman–Crippen LogP) is 7.43. The minimum atomic E-state index is -0.470. The zero-order valence-corrected chi connectivity index (χ0v) is 31.2. The van der Waals surface area contributed by atoms with Gasteiger partial charge in [0.2, 0.25) is 5.88 Å². The van der Waals surface area contributed by atoms with Gasteiger partial charge in [0.15, 0.2) is 11.5 Å². The van der Waals surface area contributed by atoms with Crippen LogP contribution in [0.4, 0.5) is 14.5 Å². The summed E-state index contributed by atoms with van der Waals surface area (Å²) in [6.45, 7) is 7.70. The average molecular weight is 724 g/mol. The summed E-state index contributed by atoms with van der Waals surface area (Å²) >= 11 is 0. The molecule has 0 spiro atoms. The topological polar surface area (TPSA) is 94.5 Å². The quantitative estimate of drug-likeness (QED) is 0.123. The van der Waals surface area contributed by atoms with Gasteiger partial charge in [-0.15, -0.1) is 0 Å². The lowest BCUT2D eigenvalue weighted by Crippen LogP contribution is -2.48. The first kappa shape index (κ1) is 41.0. The molecule has 0 unspecified atom stereocenters. The molecule has 3 heterocycles. The summed E-state index contributed by atoms with van der Waals surface area (Å²) in [7, 11) is 3.54. The van der Waals surface area contributed by atoms with Crippen molar-refractivity contribution in [3.63, 3.8) is 0 Å². The highest BCUT2D eigenvalue weighted by molar-refractivity contribution is 5.70. The number of aliphatic hydroxyl groups excluding tert-OH is 1. The number of rotatable bonds is 19. The van der Waals surface area contributed by atoms with Crippen molar-refractivity contribution in [2.45, 2.75) is 51.7 Å². The highest BCUT2D eigenvalue weighted by Crippen LogP contribution is 2.43. The van der Waals surface area contributed by atoms with Gasteiger partial charge in [0.1, 0.15) is 13.3 Å². The lowest BCUT2D eigenvalue weighted by Gasteiger charge is -2.46. The fourth-order valence-corrected chi connectivity index (χ4v) is 6.56. The van der Waals surface area contributed by atoms with E-state index in [9.17, 15) is 13.9 Å². The van der Waals surface area contributed by atoms with Crippen LogP contribution in [0.25, 0.3) is 12.2 Å². The van der Waals surface area contributed by atoms with Crippen LogP contribution in [0.5, 0.6) is 17.4 Å². The number of aromatic nitrogens is 1. The molecule has 9 nitrogen and oxygen atoms in total. The largest absolute Gasteiger partial charge is 0.493 e. The first-order valence-electron chi connectivity index (χ1n) is 18.4. The van der Waals surface area contributed by atoms with Crippen LogP contribution in [0.3, 0.4) is 0 Å². The Hall–Kier alpha value is -3.77. The first-order chi connectivity index (χ1) is 25.3. The minimum absolute atomic E-state index is 0.117. The van der Waals surface area contributed by atoms with E-state index < -0.39 is 6.67 Å². The number of pyridine rings is 1. The lowest BCUT2D eigenvalue weighted by atomic mass is 9.79. The van der Waals surface area contributed by atoms with Gasteiger partial charge in [-0.2, -0.15) is 0 Å². The summed E-state index contributed by atoms with van der Waals surface area (Å²) in [5.74, 6) is 2.91. The van der Waals surface area contributed by atoms with Crippen LogP contribution in [-0.4, -0.2) is 101 Å². The maximum Gasteiger partial charge on any atom is 0.213 e. The molecule has 11 heteroatoms. The molecule has 2 aliphatic rings. The second kappa shape index (κ2) is 22.3. The average Bonchev–Trinajstić information content (AvgIpc) is 3.16. The Morgan fingerprint density at radius 3 is 2.31 bits per heavy atom. The van der Waals surface area contributed by atoms with Crippen molar-refractivity contribution in [3.8, 4) is 17.4 Å². The van der Waals surface area contributed by atoms with E-state index in [0.29, 0.717) is 68.7 Å². The van der Waals surface area contributed by atoms with Crippen molar-refractivity contribution >= 4 is 17.8 Å². The zero-order valence-electron chi connectivity index (χ0n) is 31.2. The molecule has 286 valence electrons. The summed E-state index contributed by atoms with van der Waals surface area (Å²) in [6, 6.07) is 16.3. The normalized spacial score (nSPS) is 18.3. The number of fused-ring (bicyclic) bond motifs is 3. The van der Waals surface area contributed by atoms with Crippen LogP contribution in [0.15, 0.2) is 54.7 Å². The van der Waals surface area contributed by atoms with Crippen LogP contribution in [0.1, 0.15) is 61.4 Å². The molecule has 0 aliphatic carbocycles. The molecular weight excluding hydrogens is 666 g/mol. The zero-order chi connectivity index (χ0) is 37.1. The molecule has 0 radical (unpaired) electrons. The van der Waals surface area contributed by atoms with Gasteiger partial charge in [-0.3, -0.25) is 9.29 Å². The molecule has 1 aromatic heterocycles. The SMILES string of the molecule is CNc1ccc(/C=C/c2ccc(OCCOCCOCC[18F])nc2)cc1.COc1cc2c(cc1OCCC[18F])CCN1C[C@@H](CC(C)C)[C@H](O)C[C@H]21. The number of methoxy groups -OCH3 is 1. The number of nitrogens with zero attached hydrogens (tertiary/aromatic N) is 2. The number of halogens is 2. The Morgan fingerprint density at radius 2 is 1.63 bits per heavy atom. The fourth-order valence-electron chi connectivity index (χ4n) is 6.56. The third-order valence-corrected chi connectivity index (χ3v) is 9.18. The van der Waals surface area contributed by atoms with Gasteiger partial charge < -0.3 is 34.1 Å². The molecule has 5 rings (SSSR count). The molecule has 52 heavy (non-hydrogen) atoms. The van der Waals surface area contributed by atoms with Gasteiger partial charge in [-0.05, 0) is 83.7 Å². The summed E-state index contributed by atoms with van der Waals surface area (Å²) in [4.78, 5) is 6.79. The fraction of sp³-hybridized carbons (Fsp3) is 0.537. The highest BCUT2D eigenvalue weighted by atomic mass is 18.2. The summed E-state index contributed by atoms with van der Waals surface area (Å²) in [6.07, 6.45) is 8.76. The Bertz CT molecular complexity index is 1470. The molecule has 3 aromatic rings. The second-order valence-corrected chi connectivity index (χ2v) is 13.4. The maximum atomic E-state index is 12.3. The van der Waals surface area contributed by atoms with E-state index in [0.717, 1.165) is 49.2 Å². The first-order valence-corrected chi connectivity index (χ1v) is 18.4. The molecule has 2 aliphatic heterocycles. The number of benzene rings is 2. The third kappa shape index (κ3) is 13.0. The number of piperidine rings is 1. The number of hydrogen-bond donors (Lipinski definition) is 2. The molecule has 0 amide bonds. The van der Waals surface area contributed by atoms with Gasteiger partial charge in [0.05, 0.1) is 52.9 Å². The molecule has 0 saturated carbocycles. The molecule has 2 aromatic carbocycles. The Labute approximate surface area is 308 Å². The molecular formula is C41H57F2N3O6. The van der Waals surface area contributed by atoms with Crippen LogP contribution in [0.2, 0.25) is 0 Å². The van der Waals surface area contributed by atoms with Crippen molar-refractivity contribution in [1.82, 2.24) is 9.88 Å². The van der Waals surface area contributed by atoms with Crippen LogP contribution in [0, 0.1) is 11.8 Å². The maximum absolute atomic E-state index is 12.3. The van der Waals surface area contributed by atoms with Crippen LogP contribution >= 0.6 is 0 Å². The van der Waals surface area contributed by atoms with E-state index >= 15 is 0 Å². The molecule has 1 saturated heterocycles. The number of anilines is 1. The Balaban J connectivity index is 0.000000233. The van der Waals surface area contributed by atoms with Gasteiger partial charge in [-0.1, -0.05) is 38.1 Å². The van der Waals surface area contributed by atoms with Crippen LogP contribution < -0.4 is 19.5 Å². The van der Waals surface area contributed by atoms with Crippen molar-refractivity contribution in [2.75, 3.05) is 85.6 Å². The smallest absolute Gasteiger partial charge is 0.213 e. The van der Waals surface area contributed by atoms with E-state index in [1.807, 2.05) is 43.5 Å². The lowest BCUT2D eigenvalue weighted by molar-refractivity contribution is -0.0191. The van der Waals surface area contributed by atoms with Crippen molar-refractivity contribution < 1.29 is 37.6 Å². The summed E-state index contributed by atoms with van der Waals surface area (Å²) in [5.41, 5.74) is 5.71. The van der Waals surface area contributed by atoms with E-state index in [1.54, 1.807) is 13.3 Å². The monoisotopic (exact) mass is 723 g/mol. The predicted molar refractivity (Wildman–Crippen MR) is 203 cm³/mol. The van der Waals surface area contributed by atoms with Crippen LogP contribution in [-0.2, 0) is 15.9 Å². The number of aliphatic hydroxyl groups is 1. The summed E-state index contributed by atoms with van der Waals surface area (Å²) in [5, 5.41) is 13.8. The number of ether oxygens (including phenoxy) is 5. The molecule has 1 fully saturated rings. The van der Waals surface area contributed by atoms with Gasteiger partial charge in [0.25, 0.3) is 0 Å². The number of alkyl halides is 2. The molecule has 2 N–H and O–H groups in total. The second-order valence-electron chi connectivity index (χ2n) is 13.4. The Kier molecular flexibility index (Phi) is 17.6.